The monoisotopic (exact) mass is 567 g/mol. The minimum absolute atomic E-state index is 0.0258. The van der Waals surface area contributed by atoms with Gasteiger partial charge in [-0.3, -0.25) is 14.6 Å². The molecule has 1 unspecified atom stereocenters. The van der Waals surface area contributed by atoms with Crippen molar-refractivity contribution in [3.8, 4) is 0 Å². The lowest BCUT2D eigenvalue weighted by molar-refractivity contribution is -0.136. The van der Waals surface area contributed by atoms with Crippen molar-refractivity contribution in [3.05, 3.63) is 59.0 Å². The number of carbonyl (C=O) groups is 2. The Labute approximate surface area is 240 Å². The van der Waals surface area contributed by atoms with Crippen LogP contribution in [0.1, 0.15) is 69.4 Å². The van der Waals surface area contributed by atoms with Crippen LogP contribution in [-0.2, 0) is 20.9 Å². The normalized spacial score (nSPS) is 23.7. The van der Waals surface area contributed by atoms with Crippen molar-refractivity contribution < 1.29 is 23.1 Å². The molecule has 1 N–H and O–H groups in total. The second-order valence-electron chi connectivity index (χ2n) is 10.9. The quantitative estimate of drug-likeness (QED) is 0.526. The van der Waals surface area contributed by atoms with Crippen molar-refractivity contribution >= 4 is 23.5 Å². The first kappa shape index (κ1) is 29.1. The zero-order chi connectivity index (χ0) is 28.9. The van der Waals surface area contributed by atoms with Gasteiger partial charge in [-0.2, -0.15) is 0 Å². The van der Waals surface area contributed by atoms with Gasteiger partial charge in [0, 0.05) is 69.1 Å². The van der Waals surface area contributed by atoms with E-state index >= 15 is 0 Å². The zero-order valence-corrected chi connectivity index (χ0v) is 23.9. The van der Waals surface area contributed by atoms with Crippen molar-refractivity contribution in [3.63, 3.8) is 0 Å². The van der Waals surface area contributed by atoms with Crippen LogP contribution in [0.5, 0.6) is 0 Å². The van der Waals surface area contributed by atoms with Crippen LogP contribution in [0.3, 0.4) is 0 Å². The van der Waals surface area contributed by atoms with Gasteiger partial charge in [-0.1, -0.05) is 19.9 Å². The summed E-state index contributed by atoms with van der Waals surface area (Å²) < 4.78 is 32.7. The lowest BCUT2D eigenvalue weighted by Crippen LogP contribution is -2.42. The van der Waals surface area contributed by atoms with Crippen molar-refractivity contribution in [1.29, 1.82) is 0 Å². The fourth-order valence-electron chi connectivity index (χ4n) is 6.29. The van der Waals surface area contributed by atoms with Crippen LogP contribution < -0.4 is 5.32 Å². The van der Waals surface area contributed by atoms with Crippen LogP contribution in [-0.4, -0.2) is 65.3 Å². The minimum atomic E-state index is -0.929. The van der Waals surface area contributed by atoms with E-state index < -0.39 is 17.6 Å². The number of fused-ring (bicyclic) bond motifs is 1. The number of nitrogens with zero attached hydrogens (tertiary/aromatic N) is 4. The summed E-state index contributed by atoms with van der Waals surface area (Å²) in [5.74, 6) is 0.140. The molecule has 2 amide bonds. The largest absolute Gasteiger partial charge is 0.381 e. The molecule has 5 aliphatic rings. The number of amidine groups is 1. The molecule has 0 aromatic carbocycles. The Kier molecular flexibility index (Phi) is 9.27. The summed E-state index contributed by atoms with van der Waals surface area (Å²) in [7, 11) is 0. The highest BCUT2D eigenvalue weighted by Crippen LogP contribution is 2.36. The molecule has 1 aromatic rings. The Bertz CT molecular complexity index is 1280. The fraction of sp³-hybridized carbons (Fsp3) is 0.548. The van der Waals surface area contributed by atoms with E-state index in [2.05, 4.69) is 16.4 Å². The van der Waals surface area contributed by atoms with E-state index in [1.807, 2.05) is 24.9 Å². The molecule has 0 spiro atoms. The highest BCUT2D eigenvalue weighted by Gasteiger charge is 2.39. The fourth-order valence-corrected chi connectivity index (χ4v) is 6.29. The van der Waals surface area contributed by atoms with Crippen molar-refractivity contribution in [1.82, 2.24) is 14.8 Å². The van der Waals surface area contributed by atoms with E-state index in [1.165, 1.54) is 22.6 Å². The number of aromatic nitrogens is 1. The van der Waals surface area contributed by atoms with Gasteiger partial charge in [0.2, 0.25) is 11.8 Å². The predicted molar refractivity (Wildman–Crippen MR) is 153 cm³/mol. The molecule has 41 heavy (non-hydrogen) atoms. The molecule has 6 rings (SSSR count). The second-order valence-corrected chi connectivity index (χ2v) is 10.9. The number of piperidine rings is 1. The van der Waals surface area contributed by atoms with Gasteiger partial charge in [0.15, 0.2) is 5.83 Å². The minimum Gasteiger partial charge on any atom is -0.381 e. The molecular formula is C31H39F2N5O3. The summed E-state index contributed by atoms with van der Waals surface area (Å²) in [6, 6.07) is 2.08. The number of aliphatic imine (C=N–C) groups is 1. The summed E-state index contributed by atoms with van der Waals surface area (Å²) >= 11 is 0. The van der Waals surface area contributed by atoms with Crippen LogP contribution in [0.15, 0.2) is 52.8 Å². The summed E-state index contributed by atoms with van der Waals surface area (Å²) in [5.41, 5.74) is 2.83. The predicted octanol–water partition coefficient (Wildman–Crippen LogP) is 5.41. The number of halogens is 2. The van der Waals surface area contributed by atoms with E-state index in [9.17, 15) is 18.4 Å². The summed E-state index contributed by atoms with van der Waals surface area (Å²) in [6.45, 7) is 7.63. The lowest BCUT2D eigenvalue weighted by Gasteiger charge is -2.35. The van der Waals surface area contributed by atoms with E-state index in [1.54, 1.807) is 0 Å². The van der Waals surface area contributed by atoms with E-state index in [-0.39, 0.29) is 31.2 Å². The Morgan fingerprint density at radius 3 is 2.59 bits per heavy atom. The number of nitrogens with one attached hydrogen (secondary N) is 1. The van der Waals surface area contributed by atoms with E-state index in [4.69, 9.17) is 9.73 Å². The molecule has 10 heteroatoms. The molecule has 0 bridgehead atoms. The molecule has 1 aromatic heterocycles. The second kappa shape index (κ2) is 13.1. The maximum atomic E-state index is 13.6. The summed E-state index contributed by atoms with van der Waals surface area (Å²) in [6.07, 6.45) is 9.30. The molecule has 1 aliphatic carbocycles. The van der Waals surface area contributed by atoms with E-state index in [0.717, 1.165) is 62.2 Å². The average Bonchev–Trinajstić information content (AvgIpc) is 3.34. The third-order valence-electron chi connectivity index (χ3n) is 8.54. The molecule has 4 aliphatic heterocycles. The lowest BCUT2D eigenvalue weighted by atomic mass is 9.86. The number of anilines is 1. The van der Waals surface area contributed by atoms with Crippen LogP contribution in [0.4, 0.5) is 14.6 Å². The van der Waals surface area contributed by atoms with Crippen LogP contribution in [0.25, 0.3) is 0 Å². The van der Waals surface area contributed by atoms with Crippen molar-refractivity contribution in [2.45, 2.75) is 64.8 Å². The van der Waals surface area contributed by atoms with Gasteiger partial charge in [0.1, 0.15) is 17.5 Å². The Hall–Kier alpha value is -3.40. The molecule has 3 saturated heterocycles. The van der Waals surface area contributed by atoms with Gasteiger partial charge in [0.05, 0.1) is 12.5 Å². The van der Waals surface area contributed by atoms with Crippen LogP contribution in [0, 0.1) is 11.8 Å². The Morgan fingerprint density at radius 1 is 1.07 bits per heavy atom. The summed E-state index contributed by atoms with van der Waals surface area (Å²) in [5, 5.41) is 3.48. The first-order chi connectivity index (χ1) is 20.0. The highest BCUT2D eigenvalue weighted by atomic mass is 19.2. The zero-order valence-electron chi connectivity index (χ0n) is 23.9. The van der Waals surface area contributed by atoms with Gasteiger partial charge in [-0.15, -0.1) is 0 Å². The highest BCUT2D eigenvalue weighted by molar-refractivity contribution is 5.98. The molecule has 8 nitrogen and oxygen atoms in total. The van der Waals surface area contributed by atoms with Gasteiger partial charge in [-0.25, -0.2) is 13.8 Å². The number of amides is 2. The maximum absolute atomic E-state index is 13.6. The van der Waals surface area contributed by atoms with E-state index in [0.29, 0.717) is 37.2 Å². The first-order valence-electron chi connectivity index (χ1n) is 14.9. The maximum Gasteiger partial charge on any atom is 0.228 e. The molecule has 0 saturated carbocycles. The number of pyridine rings is 1. The third-order valence-corrected chi connectivity index (χ3v) is 8.54. The number of hydrogen-bond donors (Lipinski definition) is 1. The van der Waals surface area contributed by atoms with Crippen molar-refractivity contribution in [2.75, 3.05) is 38.2 Å². The summed E-state index contributed by atoms with van der Waals surface area (Å²) in [4.78, 5) is 38.8. The molecular weight excluding hydrogens is 528 g/mol. The first-order valence-corrected chi connectivity index (χ1v) is 14.9. The van der Waals surface area contributed by atoms with Crippen LogP contribution in [0.2, 0.25) is 0 Å². The number of likely N-dealkylation sites (tertiary alicyclic amines) is 2. The number of hydrogen-bond acceptors (Lipinski definition) is 6. The van der Waals surface area contributed by atoms with Crippen molar-refractivity contribution in [2.24, 2.45) is 16.8 Å². The average molecular weight is 568 g/mol. The molecule has 0 radical (unpaired) electrons. The smallest absolute Gasteiger partial charge is 0.228 e. The topological polar surface area (TPSA) is 87.1 Å². The van der Waals surface area contributed by atoms with Gasteiger partial charge < -0.3 is 19.9 Å². The number of allylic oxidation sites excluding steroid dienone is 5. The number of ether oxygens (including phenoxy) is 1. The van der Waals surface area contributed by atoms with Gasteiger partial charge >= 0.3 is 0 Å². The standard InChI is InChI=1S/C29H33F2N5O3.C2H6/c30-24-3-1-21(2-4-25(24)31)36-17-20(15-26(36)37)29(38)35-11-6-18(7-12-35)22-5-10-32-28-23(22)16-33-27(34-28)19-8-13-39-14-9-19;1-2/h1-3,5,10,18-20H,4,6-9,11-17H2,(H,32,33,34);1-2H3. The molecule has 220 valence electrons. The Morgan fingerprint density at radius 2 is 1.83 bits per heavy atom. The SMILES string of the molecule is CC.O=C(C1CC(=O)N(C2=CCC(F)=C(F)C=C2)C1)N1CCC(c2ccnc3c2CN=C(C2CCOCC2)N3)CC1. The molecule has 3 fully saturated rings. The van der Waals surface area contributed by atoms with Crippen LogP contribution >= 0.6 is 0 Å². The molecule has 1 atom stereocenters. The third kappa shape index (κ3) is 6.27. The molecule has 5 heterocycles. The number of rotatable bonds is 4. The van der Waals surface area contributed by atoms with Gasteiger partial charge in [-0.05, 0) is 55.4 Å². The Balaban J connectivity index is 0.00000165. The number of carbonyl (C=O) groups excluding carboxylic acids is 2. The van der Waals surface area contributed by atoms with Gasteiger partial charge in [0.25, 0.3) is 0 Å².